The van der Waals surface area contributed by atoms with Crippen LogP contribution >= 0.6 is 34.7 Å². The van der Waals surface area contributed by atoms with Crippen molar-refractivity contribution >= 4 is 69.9 Å². The van der Waals surface area contributed by atoms with E-state index in [1.54, 1.807) is 26.2 Å². The van der Waals surface area contributed by atoms with Gasteiger partial charge in [-0.25, -0.2) is 14.6 Å². The number of carbonyl (C=O) groups is 4. The summed E-state index contributed by atoms with van der Waals surface area (Å²) in [7, 11) is 0. The molecule has 1 aromatic carbocycles. The summed E-state index contributed by atoms with van der Waals surface area (Å²) in [5.41, 5.74) is 0.881. The molecule has 1 fully saturated rings. The van der Waals surface area contributed by atoms with E-state index in [2.05, 4.69) is 15.5 Å². The number of ether oxygens (including phenoxy) is 2. The van der Waals surface area contributed by atoms with Crippen LogP contribution in [0.3, 0.4) is 0 Å². The first kappa shape index (κ1) is 30.9. The Hall–Kier alpha value is -4.02. The van der Waals surface area contributed by atoms with Gasteiger partial charge < -0.3 is 19.6 Å². The normalized spacial score (nSPS) is 18.5. The summed E-state index contributed by atoms with van der Waals surface area (Å²) in [5, 5.41) is 18.2. The number of hydrogen-bond donors (Lipinski definition) is 1. The molecule has 0 aliphatic carbocycles. The van der Waals surface area contributed by atoms with Crippen LogP contribution in [0, 0.1) is 10.1 Å². The molecular formula is C25H24ClN5O9S2. The first-order chi connectivity index (χ1) is 19.9. The zero-order valence-corrected chi connectivity index (χ0v) is 24.8. The average molecular weight is 638 g/mol. The molecule has 2 atom stereocenters. The predicted molar refractivity (Wildman–Crippen MR) is 151 cm³/mol. The first-order valence-corrected chi connectivity index (χ1v) is 14.6. The number of non-ortho nitro benzene ring substituents is 1. The summed E-state index contributed by atoms with van der Waals surface area (Å²) in [6.07, 6.45) is 0. The first-order valence-electron chi connectivity index (χ1n) is 12.2. The number of nitro benzene ring substituents is 1. The number of esters is 2. The van der Waals surface area contributed by atoms with Crippen molar-refractivity contribution in [2.24, 2.45) is 5.16 Å². The molecule has 14 nitrogen and oxygen atoms in total. The second-order valence-corrected chi connectivity index (χ2v) is 12.1. The van der Waals surface area contributed by atoms with Gasteiger partial charge in [-0.1, -0.05) is 16.8 Å². The van der Waals surface area contributed by atoms with Crippen LogP contribution in [-0.4, -0.2) is 73.6 Å². The number of halogens is 1. The lowest BCUT2D eigenvalue weighted by Crippen LogP contribution is -2.71. The molecule has 2 aliphatic rings. The van der Waals surface area contributed by atoms with Crippen LogP contribution in [0.25, 0.3) is 0 Å². The van der Waals surface area contributed by atoms with Gasteiger partial charge in [-0.15, -0.1) is 23.1 Å². The summed E-state index contributed by atoms with van der Waals surface area (Å²) in [4.78, 5) is 71.6. The minimum Gasteiger partial charge on any atom is -0.457 e. The van der Waals surface area contributed by atoms with Gasteiger partial charge in [0, 0.05) is 23.3 Å². The molecule has 42 heavy (non-hydrogen) atoms. The van der Waals surface area contributed by atoms with Crippen molar-refractivity contribution in [1.82, 2.24) is 15.2 Å². The number of thioether (sulfide) groups is 1. The summed E-state index contributed by atoms with van der Waals surface area (Å²) < 4.78 is 10.5. The molecule has 2 aliphatic heterocycles. The number of nitro groups is 1. The number of benzene rings is 1. The van der Waals surface area contributed by atoms with Crippen molar-refractivity contribution < 1.29 is 38.4 Å². The number of fused-ring (bicyclic) bond motifs is 1. The van der Waals surface area contributed by atoms with Crippen LogP contribution in [0.2, 0.25) is 0 Å². The van der Waals surface area contributed by atoms with Gasteiger partial charge in [0.05, 0.1) is 15.5 Å². The Bertz CT molecular complexity index is 1460. The average Bonchev–Trinajstić information content (AvgIpc) is 3.46. The second-order valence-electron chi connectivity index (χ2n) is 9.79. The van der Waals surface area contributed by atoms with Crippen molar-refractivity contribution in [3.63, 3.8) is 0 Å². The third-order valence-corrected chi connectivity index (χ3v) is 7.90. The SMILES string of the molecule is CC(C)(C)OC(=O)CON=C(C(=O)NC1C(=O)N2C(C(=O)OCc3ccc([N+](=O)[O-])cc3)=C(Cl)CS[C@@H]12)c1cscn1. The number of carbonyl (C=O) groups excluding carboxylic acids is 4. The number of rotatable bonds is 10. The number of hydrogen-bond acceptors (Lipinski definition) is 13. The maximum absolute atomic E-state index is 13.1. The van der Waals surface area contributed by atoms with Gasteiger partial charge in [-0.05, 0) is 38.5 Å². The van der Waals surface area contributed by atoms with Gasteiger partial charge in [0.15, 0.2) is 5.71 Å². The lowest BCUT2D eigenvalue weighted by molar-refractivity contribution is -0.384. The molecule has 1 saturated heterocycles. The molecule has 0 saturated carbocycles. The fraction of sp³-hybridized carbons (Fsp3) is 0.360. The van der Waals surface area contributed by atoms with E-state index in [-0.39, 0.29) is 40.2 Å². The van der Waals surface area contributed by atoms with Gasteiger partial charge in [-0.3, -0.25) is 24.6 Å². The molecule has 4 rings (SSSR count). The highest BCUT2D eigenvalue weighted by Crippen LogP contribution is 2.41. The van der Waals surface area contributed by atoms with Crippen molar-refractivity contribution in [1.29, 1.82) is 0 Å². The van der Waals surface area contributed by atoms with Gasteiger partial charge in [0.25, 0.3) is 17.5 Å². The van der Waals surface area contributed by atoms with Gasteiger partial charge in [0.1, 0.15) is 35.0 Å². The van der Waals surface area contributed by atoms with E-state index in [4.69, 9.17) is 25.9 Å². The Balaban J connectivity index is 1.40. The Morgan fingerprint density at radius 3 is 2.60 bits per heavy atom. The molecule has 0 radical (unpaired) electrons. The van der Waals surface area contributed by atoms with Crippen LogP contribution in [0.15, 0.2) is 51.0 Å². The summed E-state index contributed by atoms with van der Waals surface area (Å²) in [6, 6.07) is 4.42. The zero-order chi connectivity index (χ0) is 30.6. The van der Waals surface area contributed by atoms with Crippen LogP contribution < -0.4 is 5.32 Å². The largest absolute Gasteiger partial charge is 0.457 e. The fourth-order valence-electron chi connectivity index (χ4n) is 3.77. The molecule has 0 spiro atoms. The van der Waals surface area contributed by atoms with E-state index in [1.807, 2.05) is 0 Å². The lowest BCUT2D eigenvalue weighted by atomic mass is 10.0. The summed E-state index contributed by atoms with van der Waals surface area (Å²) in [6.45, 7) is 4.31. The van der Waals surface area contributed by atoms with Crippen LogP contribution in [0.5, 0.6) is 0 Å². The summed E-state index contributed by atoms with van der Waals surface area (Å²) in [5.74, 6) is -2.76. The molecule has 222 valence electrons. The topological polar surface area (TPSA) is 180 Å². The van der Waals surface area contributed by atoms with Crippen LogP contribution in [0.1, 0.15) is 32.0 Å². The van der Waals surface area contributed by atoms with Gasteiger partial charge in [-0.2, -0.15) is 0 Å². The Kier molecular flexibility index (Phi) is 9.48. The molecule has 1 N–H and O–H groups in total. The number of β-lactam (4-membered cyclic amide) rings is 1. The molecule has 2 aromatic rings. The third kappa shape index (κ3) is 7.24. The van der Waals surface area contributed by atoms with E-state index in [9.17, 15) is 29.3 Å². The van der Waals surface area contributed by atoms with Crippen molar-refractivity contribution in [3.05, 3.63) is 67.3 Å². The van der Waals surface area contributed by atoms with E-state index < -0.39 is 52.3 Å². The quantitative estimate of drug-likeness (QED) is 0.133. The van der Waals surface area contributed by atoms with Crippen LogP contribution in [-0.2, 0) is 40.1 Å². The maximum Gasteiger partial charge on any atom is 0.356 e. The predicted octanol–water partition coefficient (Wildman–Crippen LogP) is 2.71. The monoisotopic (exact) mass is 637 g/mol. The van der Waals surface area contributed by atoms with E-state index >= 15 is 0 Å². The second kappa shape index (κ2) is 12.9. The van der Waals surface area contributed by atoms with E-state index in [0.717, 1.165) is 4.90 Å². The highest BCUT2D eigenvalue weighted by Gasteiger charge is 2.54. The summed E-state index contributed by atoms with van der Waals surface area (Å²) >= 11 is 8.72. The number of oxime groups is 1. The number of aromatic nitrogens is 1. The van der Waals surface area contributed by atoms with Crippen molar-refractivity contribution in [2.45, 2.75) is 44.4 Å². The molecule has 0 bridgehead atoms. The molecule has 1 unspecified atom stereocenters. The third-order valence-electron chi connectivity index (χ3n) is 5.57. The fourth-order valence-corrected chi connectivity index (χ4v) is 5.85. The Morgan fingerprint density at radius 2 is 1.98 bits per heavy atom. The minimum atomic E-state index is -1.03. The number of nitrogens with zero attached hydrogens (tertiary/aromatic N) is 4. The van der Waals surface area contributed by atoms with Gasteiger partial charge in [0.2, 0.25) is 6.61 Å². The Morgan fingerprint density at radius 1 is 1.26 bits per heavy atom. The van der Waals surface area contributed by atoms with E-state index in [0.29, 0.717) is 5.56 Å². The van der Waals surface area contributed by atoms with Crippen LogP contribution in [0.4, 0.5) is 5.69 Å². The van der Waals surface area contributed by atoms with E-state index in [1.165, 1.54) is 52.9 Å². The molecule has 2 amide bonds. The lowest BCUT2D eigenvalue weighted by Gasteiger charge is -2.49. The number of thiazole rings is 1. The maximum atomic E-state index is 13.1. The number of nitrogens with one attached hydrogen (secondary N) is 1. The molecular weight excluding hydrogens is 614 g/mol. The number of amides is 2. The van der Waals surface area contributed by atoms with Crippen molar-refractivity contribution in [2.75, 3.05) is 12.4 Å². The van der Waals surface area contributed by atoms with Gasteiger partial charge >= 0.3 is 11.9 Å². The van der Waals surface area contributed by atoms with Crippen molar-refractivity contribution in [3.8, 4) is 0 Å². The highest BCUT2D eigenvalue weighted by atomic mass is 35.5. The Labute approximate surface area is 252 Å². The standard InChI is InChI=1S/C25H24ClN5O9S2/c1-25(2,3)40-17(32)9-39-29-18(16-11-41-12-27-16)21(33)28-19-22(34)30-20(15(26)10-42-23(19)30)24(35)38-8-13-4-6-14(7-5-13)31(36)37/h4-7,11-12,19,23H,8-10H2,1-3H3,(H,28,33)/t19?,23-/m0/s1. The molecule has 1 aromatic heterocycles. The highest BCUT2D eigenvalue weighted by molar-refractivity contribution is 8.00. The minimum absolute atomic E-state index is 0.100. The zero-order valence-electron chi connectivity index (χ0n) is 22.4. The smallest absolute Gasteiger partial charge is 0.356 e. The molecule has 3 heterocycles. The molecule has 17 heteroatoms.